The van der Waals surface area contributed by atoms with Crippen molar-refractivity contribution in [1.82, 2.24) is 9.97 Å². The quantitative estimate of drug-likeness (QED) is 0.402. The summed E-state index contributed by atoms with van der Waals surface area (Å²) in [5.41, 5.74) is 11.6. The van der Waals surface area contributed by atoms with E-state index in [0.717, 1.165) is 33.3 Å². The summed E-state index contributed by atoms with van der Waals surface area (Å²) in [7, 11) is 0. The van der Waals surface area contributed by atoms with Gasteiger partial charge in [0.05, 0.1) is 11.7 Å². The van der Waals surface area contributed by atoms with Gasteiger partial charge in [0.1, 0.15) is 5.69 Å². The first kappa shape index (κ1) is 19.2. The standard InChI is InChI=1S/C23H21N5O2/c1-13-3-4-14(2)18(11-13)28-23(30)26-16-7-5-15(6-8-16)20-17-9-10-25-12-19(17)27-21(20)22(24)29/h3-12,27H,1-2H3,(H2,24,29)(H2,26,28,30). The molecule has 2 aromatic carbocycles. The molecular weight excluding hydrogens is 378 g/mol. The third-order valence-electron chi connectivity index (χ3n) is 4.92. The fourth-order valence-corrected chi connectivity index (χ4v) is 3.40. The zero-order chi connectivity index (χ0) is 21.3. The van der Waals surface area contributed by atoms with Crippen LogP contribution in [0.3, 0.4) is 0 Å². The Morgan fingerprint density at radius 2 is 1.77 bits per heavy atom. The smallest absolute Gasteiger partial charge is 0.323 e. The molecule has 0 bridgehead atoms. The lowest BCUT2D eigenvalue weighted by atomic mass is 10.0. The molecule has 3 amide bonds. The molecule has 4 aromatic rings. The minimum Gasteiger partial charge on any atom is -0.364 e. The molecule has 5 N–H and O–H groups in total. The number of nitrogens with one attached hydrogen (secondary N) is 3. The molecule has 0 saturated heterocycles. The molecule has 0 unspecified atom stereocenters. The summed E-state index contributed by atoms with van der Waals surface area (Å²) in [5.74, 6) is -0.545. The predicted molar refractivity (Wildman–Crippen MR) is 119 cm³/mol. The largest absolute Gasteiger partial charge is 0.364 e. The normalized spacial score (nSPS) is 10.7. The van der Waals surface area contributed by atoms with Crippen molar-refractivity contribution in [3.05, 3.63) is 77.7 Å². The number of primary amides is 1. The van der Waals surface area contributed by atoms with Crippen molar-refractivity contribution in [2.45, 2.75) is 13.8 Å². The number of carbonyl (C=O) groups is 2. The number of anilines is 2. The van der Waals surface area contributed by atoms with E-state index in [1.165, 1.54) is 0 Å². The number of fused-ring (bicyclic) bond motifs is 1. The third-order valence-corrected chi connectivity index (χ3v) is 4.92. The molecule has 0 fully saturated rings. The lowest BCUT2D eigenvalue weighted by molar-refractivity contribution is 0.0997. The van der Waals surface area contributed by atoms with Crippen LogP contribution in [0.15, 0.2) is 60.9 Å². The van der Waals surface area contributed by atoms with Crippen molar-refractivity contribution in [3.8, 4) is 11.1 Å². The topological polar surface area (TPSA) is 113 Å². The monoisotopic (exact) mass is 399 g/mol. The van der Waals surface area contributed by atoms with Crippen LogP contribution in [0.5, 0.6) is 0 Å². The Morgan fingerprint density at radius 3 is 2.50 bits per heavy atom. The van der Waals surface area contributed by atoms with Crippen molar-refractivity contribution in [1.29, 1.82) is 0 Å². The number of aryl methyl sites for hydroxylation is 2. The fraction of sp³-hybridized carbons (Fsp3) is 0.0870. The van der Waals surface area contributed by atoms with E-state index < -0.39 is 5.91 Å². The molecule has 0 aliphatic carbocycles. The van der Waals surface area contributed by atoms with Crippen molar-refractivity contribution in [2.24, 2.45) is 5.73 Å². The maximum Gasteiger partial charge on any atom is 0.323 e. The minimum atomic E-state index is -0.545. The summed E-state index contributed by atoms with van der Waals surface area (Å²) < 4.78 is 0. The van der Waals surface area contributed by atoms with E-state index in [-0.39, 0.29) is 6.03 Å². The number of H-pyrrole nitrogens is 1. The zero-order valence-electron chi connectivity index (χ0n) is 16.6. The molecule has 7 nitrogen and oxygen atoms in total. The second kappa shape index (κ2) is 7.71. The van der Waals surface area contributed by atoms with Crippen LogP contribution in [0.1, 0.15) is 21.6 Å². The van der Waals surface area contributed by atoms with Crippen LogP contribution in [0.2, 0.25) is 0 Å². The van der Waals surface area contributed by atoms with Gasteiger partial charge in [0.15, 0.2) is 0 Å². The molecule has 30 heavy (non-hydrogen) atoms. The summed E-state index contributed by atoms with van der Waals surface area (Å²) in [6, 6.07) is 14.6. The van der Waals surface area contributed by atoms with Gasteiger partial charge in [0, 0.05) is 28.5 Å². The Morgan fingerprint density at radius 1 is 1.00 bits per heavy atom. The number of nitrogens with zero attached hydrogens (tertiary/aromatic N) is 1. The second-order valence-electron chi connectivity index (χ2n) is 7.14. The van der Waals surface area contributed by atoms with E-state index in [1.54, 1.807) is 24.5 Å². The molecule has 0 spiro atoms. The van der Waals surface area contributed by atoms with Crippen molar-refractivity contribution >= 4 is 34.2 Å². The number of pyridine rings is 1. The first-order valence-electron chi connectivity index (χ1n) is 9.43. The van der Waals surface area contributed by atoms with E-state index in [0.29, 0.717) is 16.9 Å². The number of aromatic nitrogens is 2. The maximum absolute atomic E-state index is 12.4. The molecule has 4 rings (SSSR count). The first-order chi connectivity index (χ1) is 14.4. The van der Waals surface area contributed by atoms with Crippen LogP contribution in [-0.4, -0.2) is 21.9 Å². The van der Waals surface area contributed by atoms with Gasteiger partial charge in [-0.1, -0.05) is 24.3 Å². The number of hydrogen-bond acceptors (Lipinski definition) is 3. The SMILES string of the molecule is Cc1ccc(C)c(NC(=O)Nc2ccc(-c3c(C(N)=O)[nH]c4cnccc34)cc2)c1. The fourth-order valence-electron chi connectivity index (χ4n) is 3.40. The van der Waals surface area contributed by atoms with Crippen LogP contribution in [0, 0.1) is 13.8 Å². The molecule has 7 heteroatoms. The Kier molecular flexibility index (Phi) is 4.93. The van der Waals surface area contributed by atoms with E-state index in [9.17, 15) is 9.59 Å². The van der Waals surface area contributed by atoms with Crippen LogP contribution in [-0.2, 0) is 0 Å². The Hall–Kier alpha value is -4.13. The van der Waals surface area contributed by atoms with Crippen LogP contribution >= 0.6 is 0 Å². The average molecular weight is 399 g/mol. The van der Waals surface area contributed by atoms with Gasteiger partial charge >= 0.3 is 6.03 Å². The van der Waals surface area contributed by atoms with Crippen molar-refractivity contribution in [2.75, 3.05) is 10.6 Å². The molecule has 0 atom stereocenters. The highest BCUT2D eigenvalue weighted by Gasteiger charge is 2.17. The third kappa shape index (κ3) is 3.73. The number of benzene rings is 2. The van der Waals surface area contributed by atoms with Gasteiger partial charge in [0.2, 0.25) is 0 Å². The highest BCUT2D eigenvalue weighted by molar-refractivity contribution is 6.09. The maximum atomic E-state index is 12.4. The number of aromatic amines is 1. The molecular formula is C23H21N5O2. The molecule has 0 aliphatic rings. The highest BCUT2D eigenvalue weighted by Crippen LogP contribution is 2.32. The van der Waals surface area contributed by atoms with Gasteiger partial charge in [-0.3, -0.25) is 9.78 Å². The average Bonchev–Trinajstić information content (AvgIpc) is 3.11. The zero-order valence-corrected chi connectivity index (χ0v) is 16.6. The number of nitrogens with two attached hydrogens (primary N) is 1. The lowest BCUT2D eigenvalue weighted by Gasteiger charge is -2.11. The van der Waals surface area contributed by atoms with Gasteiger partial charge < -0.3 is 21.4 Å². The first-order valence-corrected chi connectivity index (χ1v) is 9.43. The Balaban J connectivity index is 1.57. The summed E-state index contributed by atoms with van der Waals surface area (Å²) in [6.07, 6.45) is 3.32. The Labute approximate surface area is 173 Å². The van der Waals surface area contributed by atoms with E-state index in [2.05, 4.69) is 20.6 Å². The number of hydrogen-bond donors (Lipinski definition) is 4. The summed E-state index contributed by atoms with van der Waals surface area (Å²) in [4.78, 5) is 31.4. The van der Waals surface area contributed by atoms with E-state index in [1.807, 2.05) is 50.2 Å². The molecule has 150 valence electrons. The van der Waals surface area contributed by atoms with Gasteiger partial charge in [-0.25, -0.2) is 4.79 Å². The van der Waals surface area contributed by atoms with E-state index >= 15 is 0 Å². The van der Waals surface area contributed by atoms with Crippen LogP contribution in [0.25, 0.3) is 22.0 Å². The van der Waals surface area contributed by atoms with Gasteiger partial charge in [0.25, 0.3) is 5.91 Å². The number of urea groups is 1. The lowest BCUT2D eigenvalue weighted by Crippen LogP contribution is -2.20. The molecule has 0 saturated carbocycles. The molecule has 2 heterocycles. The minimum absolute atomic E-state index is 0.325. The van der Waals surface area contributed by atoms with Gasteiger partial charge in [-0.05, 0) is 54.8 Å². The van der Waals surface area contributed by atoms with Crippen molar-refractivity contribution in [3.63, 3.8) is 0 Å². The van der Waals surface area contributed by atoms with Gasteiger partial charge in [-0.15, -0.1) is 0 Å². The Bertz CT molecular complexity index is 1260. The van der Waals surface area contributed by atoms with Crippen LogP contribution in [0.4, 0.5) is 16.2 Å². The molecule has 0 radical (unpaired) electrons. The summed E-state index contributed by atoms with van der Waals surface area (Å²) in [5, 5.41) is 6.55. The molecule has 0 aliphatic heterocycles. The predicted octanol–water partition coefficient (Wildman–Crippen LogP) is 4.59. The van der Waals surface area contributed by atoms with Gasteiger partial charge in [-0.2, -0.15) is 0 Å². The second-order valence-corrected chi connectivity index (χ2v) is 7.14. The molecule has 2 aromatic heterocycles. The highest BCUT2D eigenvalue weighted by atomic mass is 16.2. The van der Waals surface area contributed by atoms with Crippen LogP contribution < -0.4 is 16.4 Å². The number of carbonyl (C=O) groups excluding carboxylic acids is 2. The summed E-state index contributed by atoms with van der Waals surface area (Å²) in [6.45, 7) is 3.92. The summed E-state index contributed by atoms with van der Waals surface area (Å²) >= 11 is 0. The number of rotatable bonds is 4. The van der Waals surface area contributed by atoms with Crippen molar-refractivity contribution < 1.29 is 9.59 Å². The van der Waals surface area contributed by atoms with E-state index in [4.69, 9.17) is 5.73 Å². The number of amides is 3.